The number of hydrogen-bond acceptors (Lipinski definition) is 6. The minimum Gasteiger partial charge on any atom is -0.467 e. The van der Waals surface area contributed by atoms with Crippen molar-refractivity contribution in [3.63, 3.8) is 0 Å². The number of aryl methyl sites for hydroxylation is 1. The lowest BCUT2D eigenvalue weighted by molar-refractivity contribution is 0.0870. The van der Waals surface area contributed by atoms with E-state index < -0.39 is 5.82 Å². The molecule has 1 aromatic carbocycles. The van der Waals surface area contributed by atoms with Gasteiger partial charge in [0, 0.05) is 23.9 Å². The molecular formula is C26H26F2N6O. The van der Waals surface area contributed by atoms with E-state index in [1.807, 2.05) is 12.1 Å². The first kappa shape index (κ1) is 22.0. The van der Waals surface area contributed by atoms with Crippen molar-refractivity contribution in [2.75, 3.05) is 26.7 Å². The van der Waals surface area contributed by atoms with Crippen molar-refractivity contribution in [2.24, 2.45) is 5.92 Å². The number of pyridine rings is 1. The molecule has 7 rings (SSSR count). The van der Waals surface area contributed by atoms with E-state index in [4.69, 9.17) is 4.74 Å². The van der Waals surface area contributed by atoms with Crippen molar-refractivity contribution in [1.82, 2.24) is 29.4 Å². The number of fused-ring (bicyclic) bond motifs is 4. The quantitative estimate of drug-likeness (QED) is 0.427. The monoisotopic (exact) mass is 476 g/mol. The molecular weight excluding hydrogens is 450 g/mol. The van der Waals surface area contributed by atoms with E-state index in [1.54, 1.807) is 17.6 Å². The van der Waals surface area contributed by atoms with Crippen molar-refractivity contribution >= 4 is 11.2 Å². The maximum Gasteiger partial charge on any atom is 0.318 e. The highest BCUT2D eigenvalue weighted by Gasteiger charge is 2.35. The molecule has 3 aliphatic rings. The molecule has 180 valence electrons. The molecule has 7 nitrogen and oxygen atoms in total. The molecule has 35 heavy (non-hydrogen) atoms. The second kappa shape index (κ2) is 8.64. The maximum atomic E-state index is 15.5. The fourth-order valence-corrected chi connectivity index (χ4v) is 5.54. The molecule has 3 aromatic heterocycles. The number of aromatic nitrogens is 5. The van der Waals surface area contributed by atoms with Crippen molar-refractivity contribution < 1.29 is 13.5 Å². The normalized spacial score (nSPS) is 21.5. The van der Waals surface area contributed by atoms with E-state index in [0.717, 1.165) is 31.4 Å². The van der Waals surface area contributed by atoms with Gasteiger partial charge in [-0.1, -0.05) is 12.1 Å². The maximum absolute atomic E-state index is 15.5. The molecule has 0 unspecified atom stereocenters. The van der Waals surface area contributed by atoms with Crippen LogP contribution in [0.1, 0.15) is 35.6 Å². The predicted molar refractivity (Wildman–Crippen MR) is 127 cm³/mol. The molecule has 3 aliphatic heterocycles. The number of methoxy groups -OCH3 is 1. The fourth-order valence-electron chi connectivity index (χ4n) is 5.54. The van der Waals surface area contributed by atoms with Crippen molar-refractivity contribution in [3.05, 3.63) is 65.1 Å². The Morgan fingerprint density at radius 1 is 1.06 bits per heavy atom. The lowest BCUT2D eigenvalue weighted by Gasteiger charge is -2.45. The van der Waals surface area contributed by atoms with Crippen molar-refractivity contribution in [3.8, 4) is 17.4 Å². The molecule has 2 bridgehead atoms. The summed E-state index contributed by atoms with van der Waals surface area (Å²) in [5.41, 5.74) is 3.71. The van der Waals surface area contributed by atoms with Crippen LogP contribution in [0.5, 0.6) is 6.01 Å². The minimum absolute atomic E-state index is 0.175. The van der Waals surface area contributed by atoms with Crippen LogP contribution in [-0.2, 0) is 6.54 Å². The molecule has 6 heterocycles. The van der Waals surface area contributed by atoms with E-state index in [-0.39, 0.29) is 18.4 Å². The third kappa shape index (κ3) is 3.93. The number of halogens is 2. The highest BCUT2D eigenvalue weighted by Crippen LogP contribution is 2.39. The largest absolute Gasteiger partial charge is 0.467 e. The second-order valence-corrected chi connectivity index (χ2v) is 9.48. The summed E-state index contributed by atoms with van der Waals surface area (Å²) in [5.74, 6) is 0.709. The van der Waals surface area contributed by atoms with Crippen molar-refractivity contribution in [2.45, 2.75) is 32.2 Å². The molecule has 1 atom stereocenters. The molecule has 9 heteroatoms. The summed E-state index contributed by atoms with van der Waals surface area (Å²) in [4.78, 5) is 19.9. The van der Waals surface area contributed by atoms with Crippen LogP contribution in [0, 0.1) is 24.5 Å². The Hall–Kier alpha value is -3.46. The van der Waals surface area contributed by atoms with Crippen LogP contribution in [0.2, 0.25) is 0 Å². The third-order valence-electron chi connectivity index (χ3n) is 7.38. The zero-order valence-electron chi connectivity index (χ0n) is 19.7. The van der Waals surface area contributed by atoms with Gasteiger partial charge < -0.3 is 14.2 Å². The van der Waals surface area contributed by atoms with Gasteiger partial charge in [-0.15, -0.1) is 0 Å². The van der Waals surface area contributed by atoms with E-state index in [9.17, 15) is 4.39 Å². The molecule has 0 N–H and O–H groups in total. The molecule has 0 aliphatic carbocycles. The summed E-state index contributed by atoms with van der Waals surface area (Å²) in [5, 5.41) is 0. The molecule has 0 spiro atoms. The predicted octanol–water partition coefficient (Wildman–Crippen LogP) is 4.34. The Bertz CT molecular complexity index is 1410. The van der Waals surface area contributed by atoms with Gasteiger partial charge in [0.1, 0.15) is 23.0 Å². The number of imidazole rings is 1. The SMILES string of the molecule is COc1nc(C)c2nc(-c3cncc(F)c3)n(Cc3ccc([C@H]4CN5CCC4CC5)cc3F)c2n1. The summed E-state index contributed by atoms with van der Waals surface area (Å²) in [6.45, 7) is 5.28. The van der Waals surface area contributed by atoms with Crippen LogP contribution < -0.4 is 4.74 Å². The molecule has 4 aromatic rings. The van der Waals surface area contributed by atoms with Crippen LogP contribution in [0.3, 0.4) is 0 Å². The average Bonchev–Trinajstić information content (AvgIpc) is 3.24. The van der Waals surface area contributed by atoms with Gasteiger partial charge in [0.05, 0.1) is 25.5 Å². The lowest BCUT2D eigenvalue weighted by Crippen LogP contribution is -2.46. The number of nitrogens with zero attached hydrogens (tertiary/aromatic N) is 6. The number of benzene rings is 1. The standard InChI is InChI=1S/C26H26F2N6O/c1-15-23-25(32-26(30-15)35-2)34(24(31-23)19-9-20(27)12-29-11-19)13-18-4-3-17(10-22(18)28)21-14-33-7-5-16(21)6-8-33/h3-4,9-12,16,21H,5-8,13-14H2,1-2H3/t21-/m0/s1. The van der Waals surface area contributed by atoms with Gasteiger partial charge in [0.2, 0.25) is 0 Å². The molecule has 3 fully saturated rings. The van der Waals surface area contributed by atoms with E-state index in [0.29, 0.717) is 45.6 Å². The fraction of sp³-hybridized carbons (Fsp3) is 0.385. The van der Waals surface area contributed by atoms with Gasteiger partial charge in [-0.05, 0) is 62.4 Å². The van der Waals surface area contributed by atoms with Crippen LogP contribution in [0.4, 0.5) is 8.78 Å². The van der Waals surface area contributed by atoms with Gasteiger partial charge in [-0.25, -0.2) is 13.8 Å². The summed E-state index contributed by atoms with van der Waals surface area (Å²) in [6, 6.07) is 7.14. The molecule has 0 amide bonds. The smallest absolute Gasteiger partial charge is 0.318 e. The van der Waals surface area contributed by atoms with Gasteiger partial charge in [-0.2, -0.15) is 9.97 Å². The number of piperidine rings is 3. The topological polar surface area (TPSA) is 69.0 Å². The van der Waals surface area contributed by atoms with Crippen LogP contribution in [0.15, 0.2) is 36.7 Å². The third-order valence-corrected chi connectivity index (χ3v) is 7.38. The highest BCUT2D eigenvalue weighted by molar-refractivity contribution is 5.79. The molecule has 3 saturated heterocycles. The van der Waals surface area contributed by atoms with E-state index in [2.05, 4.69) is 24.8 Å². The first-order valence-electron chi connectivity index (χ1n) is 11.9. The van der Waals surface area contributed by atoms with Gasteiger partial charge in [0.25, 0.3) is 0 Å². The number of ether oxygens (including phenoxy) is 1. The summed E-state index contributed by atoms with van der Waals surface area (Å²) < 4.78 is 36.5. The van der Waals surface area contributed by atoms with Crippen LogP contribution in [0.25, 0.3) is 22.6 Å². The van der Waals surface area contributed by atoms with Crippen LogP contribution in [-0.4, -0.2) is 56.1 Å². The van der Waals surface area contributed by atoms with Gasteiger partial charge in [-0.3, -0.25) is 4.98 Å². The Morgan fingerprint density at radius 2 is 1.89 bits per heavy atom. The first-order valence-corrected chi connectivity index (χ1v) is 11.9. The zero-order chi connectivity index (χ0) is 24.1. The number of hydrogen-bond donors (Lipinski definition) is 0. The van der Waals surface area contributed by atoms with Gasteiger partial charge >= 0.3 is 6.01 Å². The Labute approximate surface area is 201 Å². The van der Waals surface area contributed by atoms with Crippen molar-refractivity contribution in [1.29, 1.82) is 0 Å². The van der Waals surface area contributed by atoms with Gasteiger partial charge in [0.15, 0.2) is 5.65 Å². The Balaban J connectivity index is 1.42. The summed E-state index contributed by atoms with van der Waals surface area (Å²) in [6.07, 6.45) is 5.03. The molecule has 0 saturated carbocycles. The first-order chi connectivity index (χ1) is 17.0. The minimum atomic E-state index is -0.477. The second-order valence-electron chi connectivity index (χ2n) is 9.48. The summed E-state index contributed by atoms with van der Waals surface area (Å²) >= 11 is 0. The summed E-state index contributed by atoms with van der Waals surface area (Å²) in [7, 11) is 1.49. The zero-order valence-corrected chi connectivity index (χ0v) is 19.7. The Morgan fingerprint density at radius 3 is 2.57 bits per heavy atom. The average molecular weight is 477 g/mol. The Kier molecular flexibility index (Phi) is 5.44. The lowest BCUT2D eigenvalue weighted by atomic mass is 9.75. The molecule has 0 radical (unpaired) electrons. The highest BCUT2D eigenvalue weighted by atomic mass is 19.1. The number of rotatable bonds is 5. The van der Waals surface area contributed by atoms with E-state index >= 15 is 4.39 Å². The van der Waals surface area contributed by atoms with Crippen LogP contribution >= 0.6 is 0 Å². The van der Waals surface area contributed by atoms with E-state index in [1.165, 1.54) is 32.2 Å².